The van der Waals surface area contributed by atoms with Gasteiger partial charge in [-0.1, -0.05) is 146 Å². The van der Waals surface area contributed by atoms with Crippen LogP contribution in [-0.2, 0) is 3.48 Å². The highest BCUT2D eigenvalue weighted by molar-refractivity contribution is 6.78. The number of hydrogen-bond acceptors (Lipinski definition) is 7. The molecule has 0 saturated heterocycles. The van der Waals surface area contributed by atoms with Crippen molar-refractivity contribution in [2.45, 2.75) is 46.3 Å². The van der Waals surface area contributed by atoms with Gasteiger partial charge < -0.3 is 15.1 Å². The van der Waals surface area contributed by atoms with Gasteiger partial charge in [0.2, 0.25) is 0 Å². The molecule has 14 rings (SSSR count). The van der Waals surface area contributed by atoms with Gasteiger partial charge in [-0.05, 0) is 139 Å². The molecule has 0 aliphatic carbocycles. The van der Waals surface area contributed by atoms with Crippen LogP contribution in [0.5, 0.6) is 0 Å². The summed E-state index contributed by atoms with van der Waals surface area (Å²) in [6.45, 7) is 16.2. The summed E-state index contributed by atoms with van der Waals surface area (Å²) < 4.78 is 14.1. The fourth-order valence-corrected chi connectivity index (χ4v) is 18.7. The minimum absolute atomic E-state index is 0.599. The van der Waals surface area contributed by atoms with Crippen molar-refractivity contribution in [2.75, 3.05) is 26.2 Å². The molecule has 2 aromatic heterocycles. The predicted octanol–water partition coefficient (Wildman–Crippen LogP) is 14.1. The topological polar surface area (TPSA) is 93.2 Å². The lowest BCUT2D eigenvalue weighted by atomic mass is 9.99. The minimum atomic E-state index is -3.19. The molecule has 0 N–H and O–H groups in total. The van der Waals surface area contributed by atoms with E-state index in [1.165, 1.54) is 0 Å². The van der Waals surface area contributed by atoms with Crippen molar-refractivity contribution in [1.29, 1.82) is 0 Å². The first-order chi connectivity index (χ1) is 38.7. The first-order valence-electron chi connectivity index (χ1n) is 27.9. The van der Waals surface area contributed by atoms with Crippen LogP contribution < -0.4 is 11.0 Å². The van der Waals surface area contributed by atoms with Gasteiger partial charge in [-0.2, -0.15) is 0 Å². The molecule has 0 unspecified atom stereocenters. The van der Waals surface area contributed by atoms with E-state index < -0.39 is 23.2 Å². The SMILES string of the molecule is CC[N+](CC)(CC)CCC[Si](C)(C)[O][Al]1[n]2c3c4cc(-c5ccccc5)ccc4c2N=C2N=C(N=c4c5cc(-c6ccccc6)ccc5c([n]41)=NC1=NC(=N3)c3ccc(-c4ccccc4)cc31)c1ccc(-c3ccccc3)cc12. The zero-order chi connectivity index (χ0) is 53.4. The number of quaternary nitrogens is 1. The molecule has 6 heterocycles. The van der Waals surface area contributed by atoms with Crippen LogP contribution in [0.1, 0.15) is 49.4 Å². The molecule has 12 heteroatoms. The van der Waals surface area contributed by atoms with Gasteiger partial charge in [0.25, 0.3) is 0 Å². The van der Waals surface area contributed by atoms with Gasteiger partial charge in [0.15, 0.2) is 31.7 Å². The van der Waals surface area contributed by atoms with Crippen LogP contribution >= 0.6 is 0 Å². The van der Waals surface area contributed by atoms with Gasteiger partial charge in [-0.25, -0.2) is 30.0 Å². The van der Waals surface area contributed by atoms with E-state index in [9.17, 15) is 0 Å². The van der Waals surface area contributed by atoms with E-state index in [1.54, 1.807) is 0 Å². The molecule has 10 nitrogen and oxygen atoms in total. The highest BCUT2D eigenvalue weighted by Crippen LogP contribution is 2.44. The summed E-state index contributed by atoms with van der Waals surface area (Å²) in [5.74, 6) is 3.88. The minimum Gasteiger partial charge on any atom is -0.509 e. The van der Waals surface area contributed by atoms with E-state index in [4.69, 9.17) is 33.4 Å². The maximum Gasteiger partial charge on any atom is 0.798 e. The van der Waals surface area contributed by atoms with Crippen LogP contribution in [0.3, 0.4) is 0 Å². The zero-order valence-corrected chi connectivity index (χ0v) is 47.4. The number of hydrogen-bond donors (Lipinski definition) is 0. The Bertz CT molecular complexity index is 4340. The average Bonchev–Trinajstić information content (AvgIpc) is 4.02. The van der Waals surface area contributed by atoms with Crippen LogP contribution in [0.15, 0.2) is 224 Å². The summed E-state index contributed by atoms with van der Waals surface area (Å²) in [5.41, 5.74) is 13.9. The second kappa shape index (κ2) is 19.6. The van der Waals surface area contributed by atoms with E-state index in [0.29, 0.717) is 23.3 Å². The molecule has 0 atom stereocenters. The molecule has 0 amide bonds. The first-order valence-corrected chi connectivity index (χ1v) is 32.5. The van der Waals surface area contributed by atoms with Gasteiger partial charge in [-0.15, -0.1) is 0 Å². The molecular weight excluding hydrogens is 1000 g/mol. The van der Waals surface area contributed by atoms with Gasteiger partial charge in [0.05, 0.1) is 26.2 Å². The van der Waals surface area contributed by atoms with Crippen LogP contribution in [0.4, 0.5) is 11.6 Å². The molecule has 6 bridgehead atoms. The van der Waals surface area contributed by atoms with Crippen LogP contribution in [-0.4, -0.2) is 84.3 Å². The Kier molecular flexibility index (Phi) is 12.2. The van der Waals surface area contributed by atoms with E-state index in [2.05, 4.69) is 235 Å². The Labute approximate surface area is 466 Å². The number of aromatic nitrogens is 2. The number of fused-ring (bicyclic) bond motifs is 14. The molecule has 4 aliphatic heterocycles. The lowest BCUT2D eigenvalue weighted by Crippen LogP contribution is -2.54. The van der Waals surface area contributed by atoms with E-state index in [0.717, 1.165) is 154 Å². The summed E-state index contributed by atoms with van der Waals surface area (Å²) in [4.78, 5) is 34.3. The number of rotatable bonds is 13. The monoisotopic (exact) mass is 1060 g/mol. The van der Waals surface area contributed by atoms with Crippen molar-refractivity contribution in [3.05, 3.63) is 227 Å². The van der Waals surface area contributed by atoms with Crippen molar-refractivity contribution in [2.24, 2.45) is 30.0 Å². The Morgan fingerprint density at radius 3 is 1.30 bits per heavy atom. The molecule has 384 valence electrons. The maximum atomic E-state index is 8.27. The third-order valence-corrected chi connectivity index (χ3v) is 23.7. The van der Waals surface area contributed by atoms with Crippen molar-refractivity contribution >= 4 is 79.8 Å². The normalized spacial score (nSPS) is 14.2. The molecule has 0 spiro atoms. The van der Waals surface area contributed by atoms with Crippen molar-refractivity contribution in [1.82, 2.24) is 7.10 Å². The second-order valence-electron chi connectivity index (χ2n) is 21.8. The predicted molar refractivity (Wildman–Crippen MR) is 328 cm³/mol. The molecular formula is C67H59AlN9OSi+. The maximum absolute atomic E-state index is 8.27. The van der Waals surface area contributed by atoms with Crippen LogP contribution in [0, 0.1) is 0 Å². The van der Waals surface area contributed by atoms with Crippen molar-refractivity contribution in [3.63, 3.8) is 0 Å². The highest BCUT2D eigenvalue weighted by Gasteiger charge is 2.46. The Morgan fingerprint density at radius 1 is 0.392 bits per heavy atom. The van der Waals surface area contributed by atoms with E-state index >= 15 is 0 Å². The first kappa shape index (κ1) is 49.1. The lowest BCUT2D eigenvalue weighted by molar-refractivity contribution is -0.923. The average molecular weight is 1060 g/mol. The number of amidine groups is 4. The number of aliphatic imine (C=N–C) groups is 4. The number of benzene rings is 8. The second-order valence-corrected chi connectivity index (χ2v) is 28.5. The largest absolute Gasteiger partial charge is 0.798 e. The third kappa shape index (κ3) is 8.54. The quantitative estimate of drug-likeness (QED) is 0.0835. The smallest absolute Gasteiger partial charge is 0.509 e. The highest BCUT2D eigenvalue weighted by atomic mass is 28.4. The molecule has 8 aromatic carbocycles. The molecule has 4 aliphatic rings. The zero-order valence-electron chi connectivity index (χ0n) is 45.2. The standard InChI is InChI=1S/C56H32N8.C11H27NOSi.Al/c1-5-13-33(14-6-1)37-21-25-41-45(29-37)53-57-49(41)62-54-47-31-39(35-17-9-3-10-18-35)23-27-43(47)51(59-54)64-56-48-32-40(36-19-11-4-12-20-36)24-28-44(48)52(60-56)63-55-46-30-38(34-15-7-2-8-16-34)22-26-42(46)50(58-55)61-53;1-6-12(7-2,8-3)10-9-11-14(4,5)13;/h1-32H;6-11H2,1-5H3;/q-2;;+3. The van der Waals surface area contributed by atoms with Gasteiger partial charge in [-0.3, -0.25) is 0 Å². The molecule has 0 saturated carbocycles. The summed E-state index contributed by atoms with van der Waals surface area (Å²) in [6, 6.07) is 69.9. The molecule has 0 radical (unpaired) electrons. The number of nitrogens with zero attached hydrogens (tertiary/aromatic N) is 9. The van der Waals surface area contributed by atoms with Gasteiger partial charge >= 0.3 is 14.9 Å². The van der Waals surface area contributed by atoms with Crippen molar-refractivity contribution < 1.29 is 7.96 Å². The summed E-state index contributed by atoms with van der Waals surface area (Å²) in [7, 11) is -2.61. The van der Waals surface area contributed by atoms with Crippen LogP contribution in [0.2, 0.25) is 19.1 Å². The Morgan fingerprint density at radius 2 is 0.797 bits per heavy atom. The summed E-state index contributed by atoms with van der Waals surface area (Å²) >= 11 is -3.19. The summed E-state index contributed by atoms with van der Waals surface area (Å²) in [6.07, 6.45) is 1.06. The van der Waals surface area contributed by atoms with Gasteiger partial charge in [0.1, 0.15) is 22.6 Å². The lowest BCUT2D eigenvalue weighted by Gasteiger charge is -2.37. The fraction of sp³-hybridized carbons (Fsp3) is 0.164. The Balaban J connectivity index is 1.13. The van der Waals surface area contributed by atoms with Crippen LogP contribution in [0.25, 0.3) is 66.1 Å². The van der Waals surface area contributed by atoms with E-state index in [-0.39, 0.29) is 0 Å². The third-order valence-electron chi connectivity index (χ3n) is 16.9. The Hall–Kier alpha value is -8.21. The molecule has 0 fully saturated rings. The fourth-order valence-electron chi connectivity index (χ4n) is 12.3. The molecule has 79 heavy (non-hydrogen) atoms. The summed E-state index contributed by atoms with van der Waals surface area (Å²) in [5, 5.41) is 3.82. The molecule has 10 aromatic rings. The van der Waals surface area contributed by atoms with Crippen molar-refractivity contribution in [3.8, 4) is 44.5 Å². The van der Waals surface area contributed by atoms with E-state index in [1.807, 2.05) is 0 Å². The van der Waals surface area contributed by atoms with Gasteiger partial charge in [0, 0.05) is 43.8 Å².